The fourth-order valence-corrected chi connectivity index (χ4v) is 6.72. The number of thiophene rings is 2. The maximum atomic E-state index is 5.58. The highest BCUT2D eigenvalue weighted by atomic mass is 32.1. The van der Waals surface area contributed by atoms with E-state index in [9.17, 15) is 0 Å². The van der Waals surface area contributed by atoms with E-state index in [1.165, 1.54) is 36.0 Å². The first-order valence-corrected chi connectivity index (χ1v) is 13.4. The zero-order valence-electron chi connectivity index (χ0n) is 20.9. The van der Waals surface area contributed by atoms with Gasteiger partial charge in [0.05, 0.1) is 41.1 Å². The summed E-state index contributed by atoms with van der Waals surface area (Å²) in [5.74, 6) is 1.69. The van der Waals surface area contributed by atoms with Crippen molar-refractivity contribution in [2.24, 2.45) is 4.99 Å². The Bertz CT molecular complexity index is 1700. The van der Waals surface area contributed by atoms with Crippen molar-refractivity contribution in [3.05, 3.63) is 92.1 Å². The number of ether oxygens (including phenoxy) is 2. The maximum Gasteiger partial charge on any atom is 0.223 e. The van der Waals surface area contributed by atoms with Crippen molar-refractivity contribution in [3.63, 3.8) is 0 Å². The summed E-state index contributed by atoms with van der Waals surface area (Å²) in [7, 11) is 5.56. The highest BCUT2D eigenvalue weighted by Crippen LogP contribution is 2.41. The van der Waals surface area contributed by atoms with E-state index in [4.69, 9.17) is 14.5 Å². The van der Waals surface area contributed by atoms with Crippen LogP contribution >= 0.6 is 22.7 Å². The first-order chi connectivity index (χ1) is 17.5. The summed E-state index contributed by atoms with van der Waals surface area (Å²) in [5.41, 5.74) is 6.51. The van der Waals surface area contributed by atoms with Crippen LogP contribution in [-0.4, -0.2) is 32.4 Å². The van der Waals surface area contributed by atoms with E-state index in [-0.39, 0.29) is 0 Å². The largest absolute Gasteiger partial charge is 0.497 e. The highest BCUT2D eigenvalue weighted by Gasteiger charge is 2.25. The summed E-state index contributed by atoms with van der Waals surface area (Å²) in [4.78, 5) is 10.2. The lowest BCUT2D eigenvalue weighted by Crippen LogP contribution is -1.98. The molecule has 0 atom stereocenters. The van der Waals surface area contributed by atoms with E-state index in [0.717, 1.165) is 39.7 Å². The predicted octanol–water partition coefficient (Wildman–Crippen LogP) is 6.81. The molecule has 0 radical (unpaired) electrons. The van der Waals surface area contributed by atoms with Crippen LogP contribution in [0.2, 0.25) is 0 Å². The van der Waals surface area contributed by atoms with Crippen LogP contribution < -0.4 is 9.47 Å². The minimum atomic E-state index is 0.836. The number of aliphatic imine (C=N–C) groups is 1. The smallest absolute Gasteiger partial charge is 0.223 e. The lowest BCUT2D eigenvalue weighted by atomic mass is 10.0. The minimum absolute atomic E-state index is 0.836. The van der Waals surface area contributed by atoms with Gasteiger partial charge in [-0.1, -0.05) is 0 Å². The second-order valence-corrected chi connectivity index (χ2v) is 11.5. The second kappa shape index (κ2) is 8.84. The van der Waals surface area contributed by atoms with Gasteiger partial charge in [-0.15, -0.1) is 22.7 Å². The Kier molecular flexibility index (Phi) is 5.62. The molecule has 178 valence electrons. The fraction of sp³-hybridized carbons (Fsp3) is 0.138. The quantitative estimate of drug-likeness (QED) is 0.245. The summed E-state index contributed by atoms with van der Waals surface area (Å²) >= 11 is 3.58. The molecule has 2 aromatic carbocycles. The van der Waals surface area contributed by atoms with Gasteiger partial charge in [-0.3, -0.25) is 0 Å². The van der Waals surface area contributed by atoms with Gasteiger partial charge >= 0.3 is 0 Å². The van der Waals surface area contributed by atoms with Gasteiger partial charge in [0, 0.05) is 37.3 Å². The Balaban J connectivity index is 1.60. The number of nitrogens with zero attached hydrogens (tertiary/aromatic N) is 2. The van der Waals surface area contributed by atoms with Crippen LogP contribution in [0.3, 0.4) is 0 Å². The molecule has 0 spiro atoms. The third kappa shape index (κ3) is 3.70. The topological polar surface area (TPSA) is 35.8 Å². The van der Waals surface area contributed by atoms with Crippen molar-refractivity contribution in [2.45, 2.75) is 13.8 Å². The molecule has 6 rings (SSSR count). The molecule has 0 saturated heterocycles. The molecule has 36 heavy (non-hydrogen) atoms. The predicted molar refractivity (Wildman–Crippen MR) is 156 cm³/mol. The zero-order valence-corrected chi connectivity index (χ0v) is 22.5. The van der Waals surface area contributed by atoms with Gasteiger partial charge in [-0.2, -0.15) is 0 Å². The van der Waals surface area contributed by atoms with Crippen molar-refractivity contribution < 1.29 is 9.47 Å². The average Bonchev–Trinajstić information content (AvgIpc) is 3.65. The Labute approximate surface area is 219 Å². The molecule has 4 heterocycles. The van der Waals surface area contributed by atoms with Crippen molar-refractivity contribution in [2.75, 3.05) is 14.2 Å². The second-order valence-electron chi connectivity index (χ2n) is 8.93. The van der Waals surface area contributed by atoms with Crippen molar-refractivity contribution in [1.29, 1.82) is 0 Å². The third-order valence-electron chi connectivity index (χ3n) is 6.67. The van der Waals surface area contributed by atoms with Crippen molar-refractivity contribution in [1.82, 2.24) is 4.48 Å². The number of aryl methyl sites for hydroxylation is 2. The minimum Gasteiger partial charge on any atom is -0.497 e. The first kappa shape index (κ1) is 22.9. The SMILES string of the molecule is Bn1c(/C=C2\N=C(c3ccc(C)s3)c3cc(OC)ccc32)c2ccc(OC)cc2c1-c1ccc(C)s1. The Morgan fingerprint density at radius 2 is 1.44 bits per heavy atom. The molecule has 0 unspecified atom stereocenters. The summed E-state index contributed by atoms with van der Waals surface area (Å²) in [6.45, 7) is 4.28. The molecule has 4 nitrogen and oxygen atoms in total. The van der Waals surface area contributed by atoms with Gasteiger partial charge in [-0.05, 0) is 80.6 Å². The van der Waals surface area contributed by atoms with E-state index < -0.39 is 0 Å². The number of hydrogen-bond donors (Lipinski definition) is 0. The maximum absolute atomic E-state index is 5.58. The van der Waals surface area contributed by atoms with Crippen molar-refractivity contribution in [3.8, 4) is 22.1 Å². The monoisotopic (exact) mass is 508 g/mol. The lowest BCUT2D eigenvalue weighted by molar-refractivity contribution is 0.414. The van der Waals surface area contributed by atoms with E-state index in [1.54, 1.807) is 25.6 Å². The molecule has 3 aromatic heterocycles. The van der Waals surface area contributed by atoms with Gasteiger partial charge in [0.15, 0.2) is 0 Å². The van der Waals surface area contributed by atoms with Gasteiger partial charge in [-0.25, -0.2) is 4.99 Å². The average molecular weight is 508 g/mol. The van der Waals surface area contributed by atoms with Crippen molar-refractivity contribution >= 4 is 58.9 Å². The van der Waals surface area contributed by atoms with Gasteiger partial charge in [0.25, 0.3) is 0 Å². The summed E-state index contributed by atoms with van der Waals surface area (Å²) < 4.78 is 13.4. The van der Waals surface area contributed by atoms with Crippen LogP contribution in [0.4, 0.5) is 0 Å². The molecule has 0 amide bonds. The number of hydrogen-bond acceptors (Lipinski definition) is 5. The Morgan fingerprint density at radius 3 is 2.11 bits per heavy atom. The Morgan fingerprint density at radius 1 is 0.778 bits per heavy atom. The van der Waals surface area contributed by atoms with E-state index >= 15 is 0 Å². The molecule has 0 aliphatic carbocycles. The van der Waals surface area contributed by atoms with Gasteiger partial charge in [0.2, 0.25) is 7.98 Å². The van der Waals surface area contributed by atoms with E-state index in [0.29, 0.717) is 0 Å². The molecule has 5 aromatic rings. The normalized spacial score (nSPS) is 13.9. The Hall–Kier alpha value is -3.55. The molecule has 0 bridgehead atoms. The summed E-state index contributed by atoms with van der Waals surface area (Å²) in [5, 5.41) is 2.36. The highest BCUT2D eigenvalue weighted by molar-refractivity contribution is 7.15. The number of methoxy groups -OCH3 is 2. The number of benzene rings is 2. The molecular weight excluding hydrogens is 483 g/mol. The molecule has 1 aliphatic rings. The molecule has 0 fully saturated rings. The summed E-state index contributed by atoms with van der Waals surface area (Å²) in [6.07, 6.45) is 2.22. The van der Waals surface area contributed by atoms with Crippen LogP contribution in [0.15, 0.2) is 65.7 Å². The third-order valence-corrected chi connectivity index (χ3v) is 8.68. The first-order valence-electron chi connectivity index (χ1n) is 11.8. The van der Waals surface area contributed by atoms with E-state index in [1.807, 2.05) is 23.5 Å². The van der Waals surface area contributed by atoms with Crippen LogP contribution in [0.25, 0.3) is 33.1 Å². The number of aromatic nitrogens is 1. The van der Waals surface area contributed by atoms with Crippen LogP contribution in [0.1, 0.15) is 31.5 Å². The molecule has 0 N–H and O–H groups in total. The number of fused-ring (bicyclic) bond motifs is 2. The molecule has 1 aliphatic heterocycles. The van der Waals surface area contributed by atoms with E-state index in [2.05, 4.69) is 80.9 Å². The zero-order chi connectivity index (χ0) is 25.0. The van der Waals surface area contributed by atoms with Crippen LogP contribution in [0.5, 0.6) is 11.5 Å². The van der Waals surface area contributed by atoms with Crippen LogP contribution in [-0.2, 0) is 0 Å². The lowest BCUT2D eigenvalue weighted by Gasteiger charge is -2.07. The fourth-order valence-electron chi connectivity index (χ4n) is 4.89. The van der Waals surface area contributed by atoms with Gasteiger partial charge < -0.3 is 14.0 Å². The number of rotatable bonds is 5. The standard InChI is InChI=1S/C29H25BN2O2S2/c1-16-5-11-26(35-16)28-22-13-18(33-3)7-9-20(22)24(31-28)15-25-21-10-8-19(34-4)14-23(21)29(32(25)30)27-12-6-17(2)36-27/h5-15H,30H2,1-4H3/b24-15-. The molecular formula is C29H25BN2O2S2. The molecule has 7 heteroatoms. The summed E-state index contributed by atoms with van der Waals surface area (Å²) in [6, 6.07) is 21.2. The van der Waals surface area contributed by atoms with Crippen LogP contribution in [0, 0.1) is 13.8 Å². The molecule has 0 saturated carbocycles. The van der Waals surface area contributed by atoms with Gasteiger partial charge in [0.1, 0.15) is 11.5 Å².